The molecule has 1 aromatic heterocycles. The molecule has 2 N–H and O–H groups in total. The van der Waals surface area contributed by atoms with Gasteiger partial charge in [0.05, 0.1) is 0 Å². The first-order valence-corrected chi connectivity index (χ1v) is 6.86. The number of nitrogens with one attached hydrogen (secondary N) is 1. The summed E-state index contributed by atoms with van der Waals surface area (Å²) in [4.78, 5) is 22.7. The van der Waals surface area contributed by atoms with Crippen molar-refractivity contribution in [3.8, 4) is 0 Å². The second-order valence-electron chi connectivity index (χ2n) is 5.41. The van der Waals surface area contributed by atoms with Gasteiger partial charge in [0.25, 0.3) is 5.91 Å². The molecule has 0 bridgehead atoms. The molecule has 7 nitrogen and oxygen atoms in total. The van der Waals surface area contributed by atoms with Crippen molar-refractivity contribution in [1.29, 1.82) is 0 Å². The van der Waals surface area contributed by atoms with E-state index in [2.05, 4.69) is 10.5 Å². The van der Waals surface area contributed by atoms with Crippen molar-refractivity contribution in [1.82, 2.24) is 10.5 Å². The molecular weight excluding hydrogens is 276 g/mol. The summed E-state index contributed by atoms with van der Waals surface area (Å²) in [5.74, 6) is -0.505. The number of aliphatic carboxylic acids is 1. The molecular formula is C14H22N2O5. The van der Waals surface area contributed by atoms with Crippen LogP contribution in [0.1, 0.15) is 42.9 Å². The largest absolute Gasteiger partial charge is 0.481 e. The highest BCUT2D eigenvalue weighted by Gasteiger charge is 2.18. The lowest BCUT2D eigenvalue weighted by Crippen LogP contribution is -2.31. The number of hydrogen-bond acceptors (Lipinski definition) is 5. The number of hydrogen-bond donors (Lipinski definition) is 2. The molecule has 1 amide bonds. The Bertz CT molecular complexity index is 470. The number of amides is 1. The Morgan fingerprint density at radius 1 is 1.48 bits per heavy atom. The summed E-state index contributed by atoms with van der Waals surface area (Å²) in [6, 6.07) is 1.51. The van der Waals surface area contributed by atoms with Crippen molar-refractivity contribution in [3.63, 3.8) is 0 Å². The van der Waals surface area contributed by atoms with E-state index in [1.807, 2.05) is 13.8 Å². The third-order valence-electron chi connectivity index (χ3n) is 2.90. The quantitative estimate of drug-likeness (QED) is 0.719. The van der Waals surface area contributed by atoms with Gasteiger partial charge in [-0.2, -0.15) is 0 Å². The Labute approximate surface area is 123 Å². The van der Waals surface area contributed by atoms with Gasteiger partial charge in [0.15, 0.2) is 11.5 Å². The van der Waals surface area contributed by atoms with Gasteiger partial charge >= 0.3 is 5.97 Å². The maximum atomic E-state index is 11.9. The van der Waals surface area contributed by atoms with E-state index < -0.39 is 5.97 Å². The molecule has 0 aromatic carbocycles. The molecule has 1 heterocycles. The van der Waals surface area contributed by atoms with E-state index in [0.717, 1.165) is 6.42 Å². The first-order chi connectivity index (χ1) is 9.92. The summed E-state index contributed by atoms with van der Waals surface area (Å²) in [5.41, 5.74) is 0.167. The first kappa shape index (κ1) is 17.2. The van der Waals surface area contributed by atoms with Gasteiger partial charge in [-0.3, -0.25) is 9.59 Å². The van der Waals surface area contributed by atoms with Gasteiger partial charge in [0.1, 0.15) is 6.61 Å². The lowest BCUT2D eigenvalue weighted by Gasteiger charge is -2.17. The predicted molar refractivity (Wildman–Crippen MR) is 74.7 cm³/mol. The van der Waals surface area contributed by atoms with Crippen LogP contribution in [0.15, 0.2) is 10.6 Å². The summed E-state index contributed by atoms with van der Waals surface area (Å²) in [7, 11) is 1.52. The summed E-state index contributed by atoms with van der Waals surface area (Å²) >= 11 is 0. The molecule has 0 fully saturated rings. The SMILES string of the molecule is COCc1cc(C(=O)NCC(CC(=O)O)CC(C)C)no1. The highest BCUT2D eigenvalue weighted by molar-refractivity contribution is 5.92. The van der Waals surface area contributed by atoms with Crippen LogP contribution in [-0.2, 0) is 16.1 Å². The molecule has 0 aliphatic rings. The Balaban J connectivity index is 2.52. The fourth-order valence-corrected chi connectivity index (χ4v) is 2.11. The van der Waals surface area contributed by atoms with Crippen molar-refractivity contribution < 1.29 is 24.0 Å². The van der Waals surface area contributed by atoms with Crippen LogP contribution >= 0.6 is 0 Å². The molecule has 21 heavy (non-hydrogen) atoms. The summed E-state index contributed by atoms with van der Waals surface area (Å²) in [6.45, 7) is 4.59. The molecule has 7 heteroatoms. The summed E-state index contributed by atoms with van der Waals surface area (Å²) in [6.07, 6.45) is 0.770. The van der Waals surface area contributed by atoms with E-state index in [0.29, 0.717) is 18.2 Å². The monoisotopic (exact) mass is 298 g/mol. The molecule has 1 rings (SSSR count). The fraction of sp³-hybridized carbons (Fsp3) is 0.643. The van der Waals surface area contributed by atoms with Crippen LogP contribution in [-0.4, -0.2) is 35.8 Å². The van der Waals surface area contributed by atoms with Crippen molar-refractivity contribution >= 4 is 11.9 Å². The number of carbonyl (C=O) groups excluding carboxylic acids is 1. The van der Waals surface area contributed by atoms with E-state index in [-0.39, 0.29) is 30.5 Å². The average Bonchev–Trinajstić information content (AvgIpc) is 2.83. The Kier molecular flexibility index (Phi) is 6.87. The van der Waals surface area contributed by atoms with Crippen LogP contribution in [0.3, 0.4) is 0 Å². The number of carboxylic acid groups (broad SMARTS) is 1. The van der Waals surface area contributed by atoms with Crippen LogP contribution in [0.2, 0.25) is 0 Å². The highest BCUT2D eigenvalue weighted by atomic mass is 16.5. The van der Waals surface area contributed by atoms with E-state index in [4.69, 9.17) is 14.4 Å². The average molecular weight is 298 g/mol. The van der Waals surface area contributed by atoms with E-state index in [9.17, 15) is 9.59 Å². The first-order valence-electron chi connectivity index (χ1n) is 6.86. The third-order valence-corrected chi connectivity index (χ3v) is 2.90. The van der Waals surface area contributed by atoms with Crippen LogP contribution in [0.4, 0.5) is 0 Å². The minimum Gasteiger partial charge on any atom is -0.481 e. The van der Waals surface area contributed by atoms with Gasteiger partial charge in [0, 0.05) is 26.1 Å². The van der Waals surface area contributed by atoms with Crippen LogP contribution < -0.4 is 5.32 Å². The third kappa shape index (κ3) is 6.40. The molecule has 0 spiro atoms. The maximum absolute atomic E-state index is 11.9. The zero-order valence-corrected chi connectivity index (χ0v) is 12.6. The van der Waals surface area contributed by atoms with Gasteiger partial charge < -0.3 is 19.7 Å². The van der Waals surface area contributed by atoms with Gasteiger partial charge in [0.2, 0.25) is 0 Å². The van der Waals surface area contributed by atoms with Crippen molar-refractivity contribution in [3.05, 3.63) is 17.5 Å². The smallest absolute Gasteiger partial charge is 0.303 e. The highest BCUT2D eigenvalue weighted by Crippen LogP contribution is 2.15. The standard InChI is InChI=1S/C14H22N2O5/c1-9(2)4-10(5-13(17)18)7-15-14(19)12-6-11(8-20-3)21-16-12/h6,9-10H,4-5,7-8H2,1-3H3,(H,15,19)(H,17,18). The number of ether oxygens (including phenoxy) is 1. The van der Waals surface area contributed by atoms with Gasteiger partial charge in [-0.05, 0) is 18.3 Å². The Morgan fingerprint density at radius 3 is 2.76 bits per heavy atom. The lowest BCUT2D eigenvalue weighted by molar-refractivity contribution is -0.138. The second-order valence-corrected chi connectivity index (χ2v) is 5.41. The van der Waals surface area contributed by atoms with Gasteiger partial charge in [-0.25, -0.2) is 0 Å². The number of carbonyl (C=O) groups is 2. The van der Waals surface area contributed by atoms with Crippen LogP contribution in [0.5, 0.6) is 0 Å². The van der Waals surface area contributed by atoms with Crippen LogP contribution in [0, 0.1) is 11.8 Å². The van der Waals surface area contributed by atoms with Crippen LogP contribution in [0.25, 0.3) is 0 Å². The van der Waals surface area contributed by atoms with E-state index in [1.165, 1.54) is 13.2 Å². The van der Waals surface area contributed by atoms with Crippen molar-refractivity contribution in [2.24, 2.45) is 11.8 Å². The number of aromatic nitrogens is 1. The van der Waals surface area contributed by atoms with Crippen molar-refractivity contribution in [2.75, 3.05) is 13.7 Å². The summed E-state index contributed by atoms with van der Waals surface area (Å²) < 4.78 is 9.81. The second kappa shape index (κ2) is 8.41. The van der Waals surface area contributed by atoms with Crippen molar-refractivity contribution in [2.45, 2.75) is 33.3 Å². The minimum atomic E-state index is -0.862. The zero-order valence-electron chi connectivity index (χ0n) is 12.6. The molecule has 118 valence electrons. The lowest BCUT2D eigenvalue weighted by atomic mass is 9.94. The zero-order chi connectivity index (χ0) is 15.8. The normalized spacial score (nSPS) is 12.4. The molecule has 0 radical (unpaired) electrons. The van der Waals surface area contributed by atoms with E-state index >= 15 is 0 Å². The number of rotatable bonds is 9. The Hall–Kier alpha value is -1.89. The molecule has 0 aliphatic carbocycles. The van der Waals surface area contributed by atoms with E-state index in [1.54, 1.807) is 0 Å². The maximum Gasteiger partial charge on any atom is 0.303 e. The molecule has 1 aromatic rings. The molecule has 0 aliphatic heterocycles. The number of nitrogens with zero attached hydrogens (tertiary/aromatic N) is 1. The Morgan fingerprint density at radius 2 is 2.19 bits per heavy atom. The summed E-state index contributed by atoms with van der Waals surface area (Å²) in [5, 5.41) is 15.2. The fourth-order valence-electron chi connectivity index (χ4n) is 2.11. The predicted octanol–water partition coefficient (Wildman–Crippen LogP) is 1.69. The minimum absolute atomic E-state index is 0.0339. The molecule has 0 saturated carbocycles. The molecule has 1 unspecified atom stereocenters. The molecule has 1 atom stereocenters. The molecule has 0 saturated heterocycles. The number of carboxylic acids is 1. The van der Waals surface area contributed by atoms with Gasteiger partial charge in [-0.15, -0.1) is 0 Å². The topological polar surface area (TPSA) is 102 Å². The van der Waals surface area contributed by atoms with Gasteiger partial charge in [-0.1, -0.05) is 19.0 Å². The number of methoxy groups -OCH3 is 1.